The van der Waals surface area contributed by atoms with E-state index in [1.165, 1.54) is 0 Å². The van der Waals surface area contributed by atoms with Crippen LogP contribution in [-0.4, -0.2) is 23.7 Å². The molecule has 3 nitrogen and oxygen atoms in total. The monoisotopic (exact) mass is 255 g/mol. The lowest BCUT2D eigenvalue weighted by Crippen LogP contribution is -2.27. The highest BCUT2D eigenvalue weighted by Gasteiger charge is 2.09. The minimum Gasteiger partial charge on any atom is -0.393 e. The number of benzene rings is 1. The Balaban J connectivity index is 2.52. The minimum absolute atomic E-state index is 0.123. The Morgan fingerprint density at radius 1 is 1.53 bits per heavy atom. The van der Waals surface area contributed by atoms with Gasteiger partial charge >= 0.3 is 0 Å². The maximum Gasteiger partial charge on any atom is 0.251 e. The van der Waals surface area contributed by atoms with Crippen molar-refractivity contribution in [2.45, 2.75) is 32.8 Å². The molecule has 17 heavy (non-hydrogen) atoms. The SMILES string of the molecule is CCC(O)CCNC(=O)c1ccc(Cl)cc1C. The van der Waals surface area contributed by atoms with E-state index in [-0.39, 0.29) is 12.0 Å². The molecule has 1 aromatic carbocycles. The molecule has 94 valence electrons. The van der Waals surface area contributed by atoms with E-state index < -0.39 is 0 Å². The number of carbonyl (C=O) groups is 1. The summed E-state index contributed by atoms with van der Waals surface area (Å²) in [6, 6.07) is 5.17. The first kappa shape index (κ1) is 14.0. The number of nitrogens with one attached hydrogen (secondary N) is 1. The standard InChI is InChI=1S/C13H18ClNO2/c1-3-11(16)6-7-15-13(17)12-5-4-10(14)8-9(12)2/h4-5,8,11,16H,3,6-7H2,1-2H3,(H,15,17). The van der Waals surface area contributed by atoms with Gasteiger partial charge in [0.2, 0.25) is 0 Å². The van der Waals surface area contributed by atoms with Gasteiger partial charge in [-0.2, -0.15) is 0 Å². The first-order chi connectivity index (χ1) is 8.04. The molecule has 0 aliphatic rings. The van der Waals surface area contributed by atoms with Crippen LogP contribution >= 0.6 is 11.6 Å². The maximum absolute atomic E-state index is 11.8. The molecule has 0 aliphatic carbocycles. The molecule has 0 heterocycles. The molecule has 0 radical (unpaired) electrons. The number of amides is 1. The Morgan fingerprint density at radius 2 is 2.24 bits per heavy atom. The van der Waals surface area contributed by atoms with Crippen LogP contribution in [0.15, 0.2) is 18.2 Å². The molecule has 0 bridgehead atoms. The highest BCUT2D eigenvalue weighted by molar-refractivity contribution is 6.30. The lowest BCUT2D eigenvalue weighted by atomic mass is 10.1. The van der Waals surface area contributed by atoms with Gasteiger partial charge in [0, 0.05) is 17.1 Å². The second kappa shape index (κ2) is 6.62. The van der Waals surface area contributed by atoms with Crippen LogP contribution in [0.2, 0.25) is 5.02 Å². The number of hydrogen-bond donors (Lipinski definition) is 2. The van der Waals surface area contributed by atoms with E-state index in [0.29, 0.717) is 30.0 Å². The summed E-state index contributed by atoms with van der Waals surface area (Å²) in [5.74, 6) is -0.123. The topological polar surface area (TPSA) is 49.3 Å². The van der Waals surface area contributed by atoms with E-state index in [1.807, 2.05) is 13.8 Å². The molecule has 1 aromatic rings. The number of aryl methyl sites for hydroxylation is 1. The molecule has 0 aromatic heterocycles. The zero-order valence-electron chi connectivity index (χ0n) is 10.2. The summed E-state index contributed by atoms with van der Waals surface area (Å²) in [6.45, 7) is 4.24. The third kappa shape index (κ3) is 4.36. The molecule has 0 fully saturated rings. The third-order valence-electron chi connectivity index (χ3n) is 2.67. The van der Waals surface area contributed by atoms with Gasteiger partial charge in [0.15, 0.2) is 0 Å². The van der Waals surface area contributed by atoms with Gasteiger partial charge in [0.25, 0.3) is 5.91 Å². The molecule has 4 heteroatoms. The zero-order chi connectivity index (χ0) is 12.8. The Hall–Kier alpha value is -1.06. The van der Waals surface area contributed by atoms with Crippen LogP contribution in [0, 0.1) is 6.92 Å². The molecular weight excluding hydrogens is 238 g/mol. The number of carbonyl (C=O) groups excluding carboxylic acids is 1. The summed E-state index contributed by atoms with van der Waals surface area (Å²) in [4.78, 5) is 11.8. The fourth-order valence-electron chi connectivity index (χ4n) is 1.53. The molecule has 0 spiro atoms. The van der Waals surface area contributed by atoms with E-state index >= 15 is 0 Å². The second-order valence-electron chi connectivity index (χ2n) is 4.07. The van der Waals surface area contributed by atoms with Crippen molar-refractivity contribution >= 4 is 17.5 Å². The third-order valence-corrected chi connectivity index (χ3v) is 2.90. The number of rotatable bonds is 5. The van der Waals surface area contributed by atoms with Gasteiger partial charge in [-0.25, -0.2) is 0 Å². The quantitative estimate of drug-likeness (QED) is 0.850. The first-order valence-electron chi connectivity index (χ1n) is 5.77. The van der Waals surface area contributed by atoms with Crippen LogP contribution in [0.25, 0.3) is 0 Å². The van der Waals surface area contributed by atoms with Crippen molar-refractivity contribution in [3.8, 4) is 0 Å². The van der Waals surface area contributed by atoms with Crippen molar-refractivity contribution in [2.24, 2.45) is 0 Å². The van der Waals surface area contributed by atoms with Gasteiger partial charge in [0.05, 0.1) is 6.10 Å². The summed E-state index contributed by atoms with van der Waals surface area (Å²) in [6.07, 6.45) is 0.937. The highest BCUT2D eigenvalue weighted by atomic mass is 35.5. The largest absolute Gasteiger partial charge is 0.393 e. The lowest BCUT2D eigenvalue weighted by molar-refractivity contribution is 0.0941. The van der Waals surface area contributed by atoms with Gasteiger partial charge in [-0.05, 0) is 43.5 Å². The van der Waals surface area contributed by atoms with Crippen LogP contribution in [0.4, 0.5) is 0 Å². The van der Waals surface area contributed by atoms with Gasteiger partial charge in [0.1, 0.15) is 0 Å². The van der Waals surface area contributed by atoms with E-state index in [1.54, 1.807) is 18.2 Å². The number of halogens is 1. The van der Waals surface area contributed by atoms with Crippen molar-refractivity contribution in [2.75, 3.05) is 6.54 Å². The minimum atomic E-state index is -0.346. The fourth-order valence-corrected chi connectivity index (χ4v) is 1.76. The van der Waals surface area contributed by atoms with Gasteiger partial charge in [-0.15, -0.1) is 0 Å². The van der Waals surface area contributed by atoms with E-state index in [4.69, 9.17) is 11.6 Å². The lowest BCUT2D eigenvalue weighted by Gasteiger charge is -2.10. The smallest absolute Gasteiger partial charge is 0.251 e. The highest BCUT2D eigenvalue weighted by Crippen LogP contribution is 2.15. The van der Waals surface area contributed by atoms with Crippen molar-refractivity contribution in [1.82, 2.24) is 5.32 Å². The van der Waals surface area contributed by atoms with Gasteiger partial charge < -0.3 is 10.4 Å². The Morgan fingerprint density at radius 3 is 2.82 bits per heavy atom. The maximum atomic E-state index is 11.8. The summed E-state index contributed by atoms with van der Waals surface area (Å²) in [5, 5.41) is 12.8. The molecule has 0 aliphatic heterocycles. The Bertz CT molecular complexity index is 393. The number of aliphatic hydroxyl groups excluding tert-OH is 1. The predicted molar refractivity (Wildman–Crippen MR) is 69.4 cm³/mol. The van der Waals surface area contributed by atoms with E-state index in [0.717, 1.165) is 5.56 Å². The van der Waals surface area contributed by atoms with Crippen molar-refractivity contribution in [1.29, 1.82) is 0 Å². The van der Waals surface area contributed by atoms with E-state index in [9.17, 15) is 9.90 Å². The van der Waals surface area contributed by atoms with Crippen LogP contribution in [0.1, 0.15) is 35.7 Å². The van der Waals surface area contributed by atoms with Crippen molar-refractivity contribution < 1.29 is 9.90 Å². The summed E-state index contributed by atoms with van der Waals surface area (Å²) >= 11 is 5.82. The molecule has 0 saturated carbocycles. The van der Waals surface area contributed by atoms with Crippen molar-refractivity contribution in [3.63, 3.8) is 0 Å². The second-order valence-corrected chi connectivity index (χ2v) is 4.50. The molecule has 1 amide bonds. The van der Waals surface area contributed by atoms with Crippen molar-refractivity contribution in [3.05, 3.63) is 34.3 Å². The molecule has 0 saturated heterocycles. The predicted octanol–water partition coefficient (Wildman–Crippen LogP) is 2.54. The first-order valence-corrected chi connectivity index (χ1v) is 6.14. The summed E-state index contributed by atoms with van der Waals surface area (Å²) < 4.78 is 0. The molecule has 2 N–H and O–H groups in total. The molecule has 1 unspecified atom stereocenters. The number of hydrogen-bond acceptors (Lipinski definition) is 2. The average molecular weight is 256 g/mol. The summed E-state index contributed by atoms with van der Waals surface area (Å²) in [7, 11) is 0. The summed E-state index contributed by atoms with van der Waals surface area (Å²) in [5.41, 5.74) is 1.48. The molecule has 1 rings (SSSR count). The normalized spacial score (nSPS) is 12.2. The Labute approximate surface area is 107 Å². The van der Waals surface area contributed by atoms with Gasteiger partial charge in [-0.1, -0.05) is 18.5 Å². The average Bonchev–Trinajstić information content (AvgIpc) is 2.28. The fraction of sp³-hybridized carbons (Fsp3) is 0.462. The Kier molecular flexibility index (Phi) is 5.45. The van der Waals surface area contributed by atoms with Crippen LogP contribution in [-0.2, 0) is 0 Å². The zero-order valence-corrected chi connectivity index (χ0v) is 10.9. The molecule has 1 atom stereocenters. The van der Waals surface area contributed by atoms with E-state index in [2.05, 4.69) is 5.32 Å². The number of aliphatic hydroxyl groups is 1. The molecular formula is C13H18ClNO2. The van der Waals surface area contributed by atoms with Crippen LogP contribution < -0.4 is 5.32 Å². The van der Waals surface area contributed by atoms with Gasteiger partial charge in [-0.3, -0.25) is 4.79 Å². The van der Waals surface area contributed by atoms with Crippen LogP contribution in [0.3, 0.4) is 0 Å². The van der Waals surface area contributed by atoms with Crippen LogP contribution in [0.5, 0.6) is 0 Å².